The number of fused-ring (bicyclic) bond motifs is 1. The molecule has 0 saturated carbocycles. The topological polar surface area (TPSA) is 86.5 Å². The van der Waals surface area contributed by atoms with E-state index in [4.69, 9.17) is 4.74 Å². The van der Waals surface area contributed by atoms with Crippen molar-refractivity contribution >= 4 is 17.3 Å². The molecule has 0 amide bonds. The van der Waals surface area contributed by atoms with Crippen LogP contribution in [0.25, 0.3) is 0 Å². The Balaban J connectivity index is 2.19. The Morgan fingerprint density at radius 3 is 2.14 bits per heavy atom. The van der Waals surface area contributed by atoms with E-state index >= 15 is 0 Å². The van der Waals surface area contributed by atoms with Crippen LogP contribution < -0.4 is 4.74 Å². The number of carbonyl (C=O) groups excluding carboxylic acids is 2. The summed E-state index contributed by atoms with van der Waals surface area (Å²) in [4.78, 5) is 35.6. The van der Waals surface area contributed by atoms with Crippen LogP contribution in [0.3, 0.4) is 0 Å². The third kappa shape index (κ3) is 1.96. The molecule has 0 heterocycles. The Morgan fingerprint density at radius 2 is 1.64 bits per heavy atom. The number of nitro groups is 1. The van der Waals surface area contributed by atoms with Gasteiger partial charge in [0.2, 0.25) is 0 Å². The van der Waals surface area contributed by atoms with Gasteiger partial charge in [-0.3, -0.25) is 19.7 Å². The summed E-state index contributed by atoms with van der Waals surface area (Å²) in [7, 11) is 1.41. The normalized spacial score (nSPS) is 14.0. The molecule has 1 aliphatic rings. The molecule has 0 bridgehead atoms. The van der Waals surface area contributed by atoms with Gasteiger partial charge in [-0.05, 0) is 12.1 Å². The highest BCUT2D eigenvalue weighted by Crippen LogP contribution is 2.39. The molecule has 0 unspecified atom stereocenters. The number of hydrogen-bond donors (Lipinski definition) is 0. The van der Waals surface area contributed by atoms with Crippen LogP contribution in [0, 0.1) is 10.1 Å². The second-order valence-corrected chi connectivity index (χ2v) is 4.89. The van der Waals surface area contributed by atoms with E-state index in [9.17, 15) is 19.7 Å². The van der Waals surface area contributed by atoms with Crippen LogP contribution in [0.1, 0.15) is 32.2 Å². The Bertz CT molecular complexity index is 777. The number of nitro benzene ring substituents is 1. The Labute approximate surface area is 125 Å². The average molecular weight is 297 g/mol. The minimum atomic E-state index is -1.19. The fourth-order valence-corrected chi connectivity index (χ4v) is 2.68. The first-order valence-corrected chi connectivity index (χ1v) is 6.54. The Kier molecular flexibility index (Phi) is 3.21. The largest absolute Gasteiger partial charge is 0.497 e. The summed E-state index contributed by atoms with van der Waals surface area (Å²) in [6.07, 6.45) is 0. The molecule has 3 rings (SSSR count). The van der Waals surface area contributed by atoms with E-state index in [-0.39, 0.29) is 11.3 Å². The summed E-state index contributed by atoms with van der Waals surface area (Å²) in [6.45, 7) is 0. The predicted molar refractivity (Wildman–Crippen MR) is 77.5 cm³/mol. The predicted octanol–water partition coefficient (Wildman–Crippen LogP) is 2.77. The molecular formula is C16H11NO5. The van der Waals surface area contributed by atoms with E-state index < -0.39 is 22.4 Å². The van der Waals surface area contributed by atoms with Crippen LogP contribution in [0.5, 0.6) is 5.75 Å². The number of hydrogen-bond acceptors (Lipinski definition) is 5. The number of carbonyl (C=O) groups is 2. The quantitative estimate of drug-likeness (QED) is 0.494. The molecule has 0 atom stereocenters. The van der Waals surface area contributed by atoms with Gasteiger partial charge in [0.25, 0.3) is 5.69 Å². The summed E-state index contributed by atoms with van der Waals surface area (Å²) < 4.78 is 5.05. The number of ether oxygens (including phenoxy) is 1. The molecular weight excluding hydrogens is 286 g/mol. The summed E-state index contributed by atoms with van der Waals surface area (Å²) in [5.41, 5.74) is 0.403. The van der Waals surface area contributed by atoms with E-state index in [1.807, 2.05) is 0 Å². The fourth-order valence-electron chi connectivity index (χ4n) is 2.68. The molecule has 6 heteroatoms. The van der Waals surface area contributed by atoms with Crippen molar-refractivity contribution in [1.29, 1.82) is 0 Å². The third-order valence-electron chi connectivity index (χ3n) is 3.72. The van der Waals surface area contributed by atoms with E-state index in [1.54, 1.807) is 24.3 Å². The van der Waals surface area contributed by atoms with Crippen molar-refractivity contribution in [2.75, 3.05) is 7.11 Å². The van der Waals surface area contributed by atoms with Crippen molar-refractivity contribution < 1.29 is 19.2 Å². The fraction of sp³-hybridized carbons (Fsp3) is 0.125. The third-order valence-corrected chi connectivity index (χ3v) is 3.72. The highest BCUT2D eigenvalue weighted by Gasteiger charge is 2.42. The molecule has 0 aromatic heterocycles. The number of rotatable bonds is 3. The molecule has 22 heavy (non-hydrogen) atoms. The lowest BCUT2D eigenvalue weighted by atomic mass is 9.92. The van der Waals surface area contributed by atoms with Crippen LogP contribution in [-0.4, -0.2) is 23.6 Å². The first kappa shape index (κ1) is 13.9. The zero-order chi connectivity index (χ0) is 15.9. The van der Waals surface area contributed by atoms with E-state index in [2.05, 4.69) is 0 Å². The molecule has 0 fully saturated rings. The molecule has 0 aliphatic heterocycles. The van der Waals surface area contributed by atoms with Crippen LogP contribution >= 0.6 is 0 Å². The molecule has 0 saturated heterocycles. The van der Waals surface area contributed by atoms with Gasteiger partial charge in [-0.2, -0.15) is 0 Å². The van der Waals surface area contributed by atoms with E-state index in [1.165, 1.54) is 25.3 Å². The van der Waals surface area contributed by atoms with Crippen molar-refractivity contribution in [3.63, 3.8) is 0 Å². The summed E-state index contributed by atoms with van der Waals surface area (Å²) >= 11 is 0. The molecule has 6 nitrogen and oxygen atoms in total. The lowest BCUT2D eigenvalue weighted by Gasteiger charge is -2.10. The number of nitrogens with zero attached hydrogens (tertiary/aromatic N) is 1. The van der Waals surface area contributed by atoms with E-state index in [0.29, 0.717) is 16.9 Å². The van der Waals surface area contributed by atoms with Gasteiger partial charge in [0.15, 0.2) is 11.6 Å². The van der Waals surface area contributed by atoms with Crippen LogP contribution in [-0.2, 0) is 0 Å². The van der Waals surface area contributed by atoms with Crippen LogP contribution in [0.4, 0.5) is 5.69 Å². The van der Waals surface area contributed by atoms with Crippen LogP contribution in [0.2, 0.25) is 0 Å². The number of benzene rings is 2. The maximum atomic E-state index is 12.5. The molecule has 2 aromatic carbocycles. The van der Waals surface area contributed by atoms with E-state index in [0.717, 1.165) is 0 Å². The number of Topliss-reactive ketones (excluding diaryl/α,β-unsaturated/α-hetero) is 2. The van der Waals surface area contributed by atoms with Crippen LogP contribution in [0.15, 0.2) is 42.5 Å². The Hall–Kier alpha value is -3.02. The minimum absolute atomic E-state index is 0.0653. The number of ketones is 2. The van der Waals surface area contributed by atoms with Crippen molar-refractivity contribution in [3.05, 3.63) is 69.3 Å². The average Bonchev–Trinajstić information content (AvgIpc) is 2.78. The van der Waals surface area contributed by atoms with Gasteiger partial charge in [-0.1, -0.05) is 24.3 Å². The highest BCUT2D eigenvalue weighted by atomic mass is 16.6. The molecule has 2 aromatic rings. The number of methoxy groups -OCH3 is 1. The molecule has 1 aliphatic carbocycles. The maximum absolute atomic E-state index is 12.5. The summed E-state index contributed by atoms with van der Waals surface area (Å²) in [5.74, 6) is -1.67. The maximum Gasteiger partial charge on any atom is 0.274 e. The second kappa shape index (κ2) is 5.07. The van der Waals surface area contributed by atoms with Gasteiger partial charge >= 0.3 is 0 Å². The molecule has 110 valence electrons. The molecule has 0 spiro atoms. The zero-order valence-corrected chi connectivity index (χ0v) is 11.6. The minimum Gasteiger partial charge on any atom is -0.497 e. The first-order chi connectivity index (χ1) is 10.5. The second-order valence-electron chi connectivity index (χ2n) is 4.89. The van der Waals surface area contributed by atoms with Gasteiger partial charge in [-0.15, -0.1) is 0 Å². The lowest BCUT2D eigenvalue weighted by Crippen LogP contribution is -2.14. The van der Waals surface area contributed by atoms with Gasteiger partial charge < -0.3 is 4.74 Å². The SMILES string of the molecule is COc1ccc([N+](=O)[O-])c(C2C(=O)c3ccccc3C2=O)c1. The van der Waals surface area contributed by atoms with Gasteiger partial charge in [0, 0.05) is 17.2 Å². The van der Waals surface area contributed by atoms with Crippen molar-refractivity contribution in [2.24, 2.45) is 0 Å². The molecule has 0 radical (unpaired) electrons. The van der Waals surface area contributed by atoms with Gasteiger partial charge in [0.1, 0.15) is 11.7 Å². The molecule has 0 N–H and O–H groups in total. The van der Waals surface area contributed by atoms with Crippen molar-refractivity contribution in [2.45, 2.75) is 5.92 Å². The zero-order valence-electron chi connectivity index (χ0n) is 11.6. The monoisotopic (exact) mass is 297 g/mol. The standard InChI is InChI=1S/C16H11NO5/c1-22-9-6-7-13(17(20)21)12(8-9)14-15(18)10-4-2-3-5-11(10)16(14)19/h2-8,14H,1H3. The van der Waals surface area contributed by atoms with Gasteiger partial charge in [0.05, 0.1) is 17.6 Å². The lowest BCUT2D eigenvalue weighted by molar-refractivity contribution is -0.385. The highest BCUT2D eigenvalue weighted by molar-refractivity contribution is 6.30. The summed E-state index contributed by atoms with van der Waals surface area (Å²) in [5, 5.41) is 11.2. The van der Waals surface area contributed by atoms with Crippen molar-refractivity contribution in [1.82, 2.24) is 0 Å². The van der Waals surface area contributed by atoms with Crippen molar-refractivity contribution in [3.8, 4) is 5.75 Å². The Morgan fingerprint density at radius 1 is 1.05 bits per heavy atom. The first-order valence-electron chi connectivity index (χ1n) is 6.54. The van der Waals surface area contributed by atoms with Gasteiger partial charge in [-0.25, -0.2) is 0 Å². The summed E-state index contributed by atoms with van der Waals surface area (Å²) in [6, 6.07) is 10.5. The smallest absolute Gasteiger partial charge is 0.274 e.